The number of fused-ring (bicyclic) bond motifs is 3. The zero-order chi connectivity index (χ0) is 24.1. The minimum Gasteiger partial charge on any atom is -0.481 e. The normalized spacial score (nSPS) is 16.4. The first-order valence-electron chi connectivity index (χ1n) is 12.1. The first-order chi connectivity index (χ1) is 16.5. The molecule has 1 saturated heterocycles. The van der Waals surface area contributed by atoms with Crippen molar-refractivity contribution < 1.29 is 24.2 Å². The number of benzene rings is 2. The van der Waals surface area contributed by atoms with Gasteiger partial charge in [0.25, 0.3) is 0 Å². The standard InChI is InChI=1S/C27H32N2O5/c1-2-19(26(32)29-13-11-18(12-14-29)15-25(30)31)16-28-27(33)34-17-24-22-9-5-3-7-20(22)21-8-4-6-10-23(21)24/h3-10,18-19,24H,2,11-17H2,1H3,(H,28,33)(H,30,31). The first-order valence-corrected chi connectivity index (χ1v) is 12.1. The number of carbonyl (C=O) groups is 3. The molecule has 2 aliphatic rings. The number of hydrogen-bond donors (Lipinski definition) is 2. The Morgan fingerprint density at radius 2 is 1.62 bits per heavy atom. The van der Waals surface area contributed by atoms with E-state index in [4.69, 9.17) is 9.84 Å². The maximum Gasteiger partial charge on any atom is 0.407 e. The summed E-state index contributed by atoms with van der Waals surface area (Å²) in [6, 6.07) is 16.4. The second-order valence-electron chi connectivity index (χ2n) is 9.18. The molecule has 1 heterocycles. The molecule has 1 aliphatic carbocycles. The highest BCUT2D eigenvalue weighted by molar-refractivity contribution is 5.80. The third-order valence-electron chi connectivity index (χ3n) is 7.07. The fraction of sp³-hybridized carbons (Fsp3) is 0.444. The Morgan fingerprint density at radius 3 is 2.18 bits per heavy atom. The molecule has 1 unspecified atom stereocenters. The average molecular weight is 465 g/mol. The molecular formula is C27H32N2O5. The lowest BCUT2D eigenvalue weighted by Gasteiger charge is -2.33. The van der Waals surface area contributed by atoms with Crippen molar-refractivity contribution >= 4 is 18.0 Å². The van der Waals surface area contributed by atoms with Crippen LogP contribution in [0.25, 0.3) is 11.1 Å². The molecule has 2 amide bonds. The van der Waals surface area contributed by atoms with E-state index in [1.165, 1.54) is 11.1 Å². The molecule has 0 bridgehead atoms. The summed E-state index contributed by atoms with van der Waals surface area (Å²) in [7, 11) is 0. The molecule has 4 rings (SSSR count). The zero-order valence-electron chi connectivity index (χ0n) is 19.5. The van der Waals surface area contributed by atoms with Gasteiger partial charge < -0.3 is 20.1 Å². The Labute approximate surface area is 200 Å². The highest BCUT2D eigenvalue weighted by Gasteiger charge is 2.30. The number of carbonyl (C=O) groups excluding carboxylic acids is 2. The number of carboxylic acids is 1. The molecule has 2 aromatic carbocycles. The van der Waals surface area contributed by atoms with E-state index in [0.717, 1.165) is 11.1 Å². The number of hydrogen-bond acceptors (Lipinski definition) is 4. The second kappa shape index (κ2) is 10.7. The molecule has 7 nitrogen and oxygen atoms in total. The van der Waals surface area contributed by atoms with Gasteiger partial charge in [0, 0.05) is 32.0 Å². The van der Waals surface area contributed by atoms with Crippen molar-refractivity contribution in [3.63, 3.8) is 0 Å². The fourth-order valence-corrected chi connectivity index (χ4v) is 5.12. The van der Waals surface area contributed by atoms with Gasteiger partial charge in [-0.3, -0.25) is 9.59 Å². The lowest BCUT2D eigenvalue weighted by atomic mass is 9.92. The minimum atomic E-state index is -0.788. The summed E-state index contributed by atoms with van der Waals surface area (Å²) in [6.45, 7) is 3.53. The SMILES string of the molecule is CCC(CNC(=O)OCC1c2ccccc2-c2ccccc21)C(=O)N1CCC(CC(=O)O)CC1. The summed E-state index contributed by atoms with van der Waals surface area (Å²) in [5, 5.41) is 11.7. The highest BCUT2D eigenvalue weighted by Crippen LogP contribution is 2.44. The van der Waals surface area contributed by atoms with Crippen LogP contribution in [0.5, 0.6) is 0 Å². The van der Waals surface area contributed by atoms with Crippen LogP contribution < -0.4 is 5.32 Å². The third-order valence-corrected chi connectivity index (χ3v) is 7.07. The Bertz CT molecular complexity index is 999. The van der Waals surface area contributed by atoms with Gasteiger partial charge >= 0.3 is 12.1 Å². The fourth-order valence-electron chi connectivity index (χ4n) is 5.12. The van der Waals surface area contributed by atoms with Crippen molar-refractivity contribution in [2.45, 2.75) is 38.5 Å². The van der Waals surface area contributed by atoms with Crippen LogP contribution in [0.3, 0.4) is 0 Å². The number of alkyl carbamates (subject to hydrolysis) is 1. The first kappa shape index (κ1) is 23.8. The Kier molecular flexibility index (Phi) is 7.50. The van der Waals surface area contributed by atoms with E-state index in [1.54, 1.807) is 4.90 Å². The molecule has 0 saturated carbocycles. The largest absolute Gasteiger partial charge is 0.481 e. The van der Waals surface area contributed by atoms with E-state index in [1.807, 2.05) is 31.2 Å². The van der Waals surface area contributed by atoms with Crippen molar-refractivity contribution in [1.29, 1.82) is 0 Å². The Morgan fingerprint density at radius 1 is 1.03 bits per heavy atom. The van der Waals surface area contributed by atoms with Crippen LogP contribution in [0.2, 0.25) is 0 Å². The Balaban J connectivity index is 1.27. The highest BCUT2D eigenvalue weighted by atomic mass is 16.5. The zero-order valence-corrected chi connectivity index (χ0v) is 19.5. The quantitative estimate of drug-likeness (QED) is 0.608. The number of carboxylic acid groups (broad SMARTS) is 1. The summed E-state index contributed by atoms with van der Waals surface area (Å²) in [4.78, 5) is 38.1. The van der Waals surface area contributed by atoms with Crippen LogP contribution in [-0.4, -0.2) is 54.2 Å². The van der Waals surface area contributed by atoms with Gasteiger partial charge in [-0.05, 0) is 47.4 Å². The van der Waals surface area contributed by atoms with Crippen LogP contribution in [-0.2, 0) is 14.3 Å². The topological polar surface area (TPSA) is 95.9 Å². The molecular weight excluding hydrogens is 432 g/mol. The molecule has 0 aromatic heterocycles. The van der Waals surface area contributed by atoms with E-state index in [0.29, 0.717) is 32.4 Å². The van der Waals surface area contributed by atoms with E-state index in [2.05, 4.69) is 29.6 Å². The van der Waals surface area contributed by atoms with E-state index in [-0.39, 0.29) is 43.2 Å². The molecule has 1 atom stereocenters. The second-order valence-corrected chi connectivity index (χ2v) is 9.18. The molecule has 0 radical (unpaired) electrons. The summed E-state index contributed by atoms with van der Waals surface area (Å²) in [6.07, 6.45) is 1.65. The van der Waals surface area contributed by atoms with Crippen molar-refractivity contribution in [1.82, 2.24) is 10.2 Å². The predicted octanol–water partition coefficient (Wildman–Crippen LogP) is 4.26. The average Bonchev–Trinajstić information content (AvgIpc) is 3.17. The number of likely N-dealkylation sites (tertiary alicyclic amines) is 1. The lowest BCUT2D eigenvalue weighted by molar-refractivity contribution is -0.139. The van der Waals surface area contributed by atoms with Gasteiger partial charge in [-0.1, -0.05) is 55.5 Å². The third kappa shape index (κ3) is 5.24. The number of ether oxygens (including phenoxy) is 1. The molecule has 1 aliphatic heterocycles. The number of amides is 2. The number of rotatable bonds is 8. The van der Waals surface area contributed by atoms with Gasteiger partial charge in [0.2, 0.25) is 5.91 Å². The van der Waals surface area contributed by atoms with Crippen molar-refractivity contribution in [3.05, 3.63) is 59.7 Å². The van der Waals surface area contributed by atoms with Crippen molar-refractivity contribution in [2.24, 2.45) is 11.8 Å². The molecule has 2 N–H and O–H groups in total. The van der Waals surface area contributed by atoms with Crippen LogP contribution in [0.4, 0.5) is 4.79 Å². The maximum absolute atomic E-state index is 12.9. The number of nitrogens with zero attached hydrogens (tertiary/aromatic N) is 1. The van der Waals surface area contributed by atoms with Crippen molar-refractivity contribution in [3.8, 4) is 11.1 Å². The predicted molar refractivity (Wildman–Crippen MR) is 128 cm³/mol. The smallest absolute Gasteiger partial charge is 0.407 e. The van der Waals surface area contributed by atoms with Crippen LogP contribution >= 0.6 is 0 Å². The number of aliphatic carboxylic acids is 1. The van der Waals surface area contributed by atoms with E-state index >= 15 is 0 Å². The monoisotopic (exact) mass is 464 g/mol. The van der Waals surface area contributed by atoms with Crippen LogP contribution in [0.15, 0.2) is 48.5 Å². The van der Waals surface area contributed by atoms with E-state index < -0.39 is 12.1 Å². The molecule has 1 fully saturated rings. The van der Waals surface area contributed by atoms with Crippen LogP contribution in [0, 0.1) is 11.8 Å². The van der Waals surface area contributed by atoms with Gasteiger partial charge in [-0.2, -0.15) is 0 Å². The van der Waals surface area contributed by atoms with E-state index in [9.17, 15) is 14.4 Å². The van der Waals surface area contributed by atoms with Gasteiger partial charge in [0.05, 0.1) is 5.92 Å². The van der Waals surface area contributed by atoms with Gasteiger partial charge in [-0.15, -0.1) is 0 Å². The van der Waals surface area contributed by atoms with Gasteiger partial charge in [-0.25, -0.2) is 4.79 Å². The summed E-state index contributed by atoms with van der Waals surface area (Å²) in [5.41, 5.74) is 4.67. The lowest BCUT2D eigenvalue weighted by Crippen LogP contribution is -2.45. The molecule has 2 aromatic rings. The summed E-state index contributed by atoms with van der Waals surface area (Å²) in [5.74, 6) is -0.982. The molecule has 34 heavy (non-hydrogen) atoms. The molecule has 7 heteroatoms. The van der Waals surface area contributed by atoms with Crippen molar-refractivity contribution in [2.75, 3.05) is 26.2 Å². The number of piperidine rings is 1. The minimum absolute atomic E-state index is 0.00569. The number of nitrogens with one attached hydrogen (secondary N) is 1. The summed E-state index contributed by atoms with van der Waals surface area (Å²) >= 11 is 0. The summed E-state index contributed by atoms with van der Waals surface area (Å²) < 4.78 is 5.58. The van der Waals surface area contributed by atoms with Gasteiger partial charge in [0.1, 0.15) is 6.61 Å². The van der Waals surface area contributed by atoms with Gasteiger partial charge in [0.15, 0.2) is 0 Å². The molecule has 0 spiro atoms. The maximum atomic E-state index is 12.9. The van der Waals surface area contributed by atoms with Crippen LogP contribution in [0.1, 0.15) is 49.7 Å². The molecule has 180 valence electrons. The Hall–Kier alpha value is -3.35.